The van der Waals surface area contributed by atoms with Crippen molar-refractivity contribution in [3.05, 3.63) is 18.3 Å². The molecule has 0 saturated carbocycles. The molecule has 5 heteroatoms. The van der Waals surface area contributed by atoms with Gasteiger partial charge in [0, 0.05) is 38.3 Å². The molecule has 0 aromatic carbocycles. The van der Waals surface area contributed by atoms with Crippen LogP contribution >= 0.6 is 0 Å². The molecule has 1 aromatic heterocycles. The van der Waals surface area contributed by atoms with Crippen molar-refractivity contribution in [2.24, 2.45) is 0 Å². The van der Waals surface area contributed by atoms with E-state index in [1.54, 1.807) is 6.20 Å². The summed E-state index contributed by atoms with van der Waals surface area (Å²) in [5.41, 5.74) is 0. The topological polar surface area (TPSA) is 60.2 Å². The van der Waals surface area contributed by atoms with Crippen molar-refractivity contribution in [1.29, 1.82) is 0 Å². The fourth-order valence-corrected chi connectivity index (χ4v) is 1.96. The molecule has 1 unspecified atom stereocenters. The molecule has 2 heterocycles. The zero-order valence-electron chi connectivity index (χ0n) is 9.49. The fraction of sp³-hybridized carbons (Fsp3) is 0.545. The van der Waals surface area contributed by atoms with E-state index in [-0.39, 0.29) is 11.9 Å². The molecule has 3 N–H and O–H groups in total. The summed E-state index contributed by atoms with van der Waals surface area (Å²) in [4.78, 5) is 16.9. The standard InChI is InChI=1S/C11H18N4O/c1-15-6-5-12-9(8-15)7-11(16)14-10-3-2-4-13-10/h2-4,9,12-13H,5-8H2,1H3,(H,14,16). The van der Waals surface area contributed by atoms with E-state index >= 15 is 0 Å². The van der Waals surface area contributed by atoms with Crippen LogP contribution in [0.25, 0.3) is 0 Å². The summed E-state index contributed by atoms with van der Waals surface area (Å²) in [5.74, 6) is 0.810. The van der Waals surface area contributed by atoms with Crippen LogP contribution in [0, 0.1) is 0 Å². The van der Waals surface area contributed by atoms with Gasteiger partial charge in [0.1, 0.15) is 5.82 Å². The maximum Gasteiger partial charge on any atom is 0.227 e. The molecule has 1 amide bonds. The van der Waals surface area contributed by atoms with Crippen LogP contribution in [-0.4, -0.2) is 48.5 Å². The number of piperazine rings is 1. The minimum Gasteiger partial charge on any atom is -0.348 e. The second-order valence-electron chi connectivity index (χ2n) is 4.25. The third kappa shape index (κ3) is 3.08. The van der Waals surface area contributed by atoms with E-state index in [1.165, 1.54) is 0 Å². The average molecular weight is 222 g/mol. The summed E-state index contributed by atoms with van der Waals surface area (Å²) in [5, 5.41) is 6.18. The van der Waals surface area contributed by atoms with Gasteiger partial charge in [-0.3, -0.25) is 4.79 Å². The summed E-state index contributed by atoms with van der Waals surface area (Å²) in [6, 6.07) is 3.97. The number of aromatic nitrogens is 1. The highest BCUT2D eigenvalue weighted by Gasteiger charge is 2.19. The first-order valence-corrected chi connectivity index (χ1v) is 5.59. The molecular formula is C11H18N4O. The molecule has 0 radical (unpaired) electrons. The van der Waals surface area contributed by atoms with Crippen molar-refractivity contribution in [2.45, 2.75) is 12.5 Å². The Morgan fingerprint density at radius 3 is 3.25 bits per heavy atom. The van der Waals surface area contributed by atoms with E-state index < -0.39 is 0 Å². The molecule has 5 nitrogen and oxygen atoms in total. The van der Waals surface area contributed by atoms with Crippen molar-refractivity contribution < 1.29 is 4.79 Å². The molecule has 0 spiro atoms. The summed E-state index contributed by atoms with van der Waals surface area (Å²) >= 11 is 0. The van der Waals surface area contributed by atoms with Gasteiger partial charge in [0.2, 0.25) is 5.91 Å². The van der Waals surface area contributed by atoms with Crippen molar-refractivity contribution in [2.75, 3.05) is 32.0 Å². The zero-order valence-corrected chi connectivity index (χ0v) is 9.49. The van der Waals surface area contributed by atoms with Gasteiger partial charge in [0.15, 0.2) is 0 Å². The molecule has 0 aliphatic carbocycles. The Hall–Kier alpha value is -1.33. The molecule has 1 atom stereocenters. The number of hydrogen-bond donors (Lipinski definition) is 3. The highest BCUT2D eigenvalue weighted by atomic mass is 16.1. The summed E-state index contributed by atoms with van der Waals surface area (Å²) < 4.78 is 0. The van der Waals surface area contributed by atoms with Crippen LogP contribution in [0.1, 0.15) is 6.42 Å². The van der Waals surface area contributed by atoms with Crippen molar-refractivity contribution in [1.82, 2.24) is 15.2 Å². The number of carbonyl (C=O) groups excluding carboxylic acids is 1. The lowest BCUT2D eigenvalue weighted by molar-refractivity contribution is -0.116. The van der Waals surface area contributed by atoms with Crippen molar-refractivity contribution >= 4 is 11.7 Å². The summed E-state index contributed by atoms with van der Waals surface area (Å²) in [7, 11) is 2.08. The molecule has 16 heavy (non-hydrogen) atoms. The summed E-state index contributed by atoms with van der Waals surface area (Å²) in [6.07, 6.45) is 2.31. The fourth-order valence-electron chi connectivity index (χ4n) is 1.96. The molecular weight excluding hydrogens is 204 g/mol. The lowest BCUT2D eigenvalue weighted by atomic mass is 10.1. The highest BCUT2D eigenvalue weighted by molar-refractivity contribution is 5.90. The number of nitrogens with zero attached hydrogens (tertiary/aromatic N) is 1. The van der Waals surface area contributed by atoms with Crippen molar-refractivity contribution in [3.63, 3.8) is 0 Å². The first kappa shape index (κ1) is 11.2. The van der Waals surface area contributed by atoms with Crippen molar-refractivity contribution in [3.8, 4) is 0 Å². The molecule has 1 aliphatic rings. The van der Waals surface area contributed by atoms with Gasteiger partial charge in [-0.2, -0.15) is 0 Å². The Kier molecular flexibility index (Phi) is 3.58. The first-order valence-electron chi connectivity index (χ1n) is 5.59. The number of amides is 1. The normalized spacial score (nSPS) is 21.9. The molecule has 1 saturated heterocycles. The number of anilines is 1. The van der Waals surface area contributed by atoms with Gasteiger partial charge in [-0.05, 0) is 19.2 Å². The molecule has 0 bridgehead atoms. The maximum atomic E-state index is 11.7. The van der Waals surface area contributed by atoms with Gasteiger partial charge < -0.3 is 20.5 Å². The predicted molar refractivity (Wildman–Crippen MR) is 63.3 cm³/mol. The van der Waals surface area contributed by atoms with Crippen LogP contribution in [0.3, 0.4) is 0 Å². The van der Waals surface area contributed by atoms with Gasteiger partial charge >= 0.3 is 0 Å². The minimum atomic E-state index is 0.0512. The number of hydrogen-bond acceptors (Lipinski definition) is 3. The van der Waals surface area contributed by atoms with Crippen LogP contribution in [0.4, 0.5) is 5.82 Å². The van der Waals surface area contributed by atoms with Gasteiger partial charge in [-0.25, -0.2) is 0 Å². The number of H-pyrrole nitrogens is 1. The van der Waals surface area contributed by atoms with E-state index in [4.69, 9.17) is 0 Å². The van der Waals surface area contributed by atoms with Gasteiger partial charge in [-0.1, -0.05) is 0 Å². The van der Waals surface area contributed by atoms with Gasteiger partial charge in [-0.15, -0.1) is 0 Å². The van der Waals surface area contributed by atoms with Crippen LogP contribution in [-0.2, 0) is 4.79 Å². The Labute approximate surface area is 95.2 Å². The Balaban J connectivity index is 1.78. The maximum absolute atomic E-state index is 11.7. The molecule has 88 valence electrons. The van der Waals surface area contributed by atoms with Gasteiger partial charge in [0.25, 0.3) is 0 Å². The largest absolute Gasteiger partial charge is 0.348 e. The number of rotatable bonds is 3. The zero-order chi connectivity index (χ0) is 11.4. The third-order valence-corrected chi connectivity index (χ3v) is 2.76. The van der Waals surface area contributed by atoms with E-state index in [9.17, 15) is 4.79 Å². The quantitative estimate of drug-likeness (QED) is 0.687. The first-order chi connectivity index (χ1) is 7.74. The monoisotopic (exact) mass is 222 g/mol. The minimum absolute atomic E-state index is 0.0512. The van der Waals surface area contributed by atoms with Crippen LogP contribution in [0.15, 0.2) is 18.3 Å². The number of aromatic amines is 1. The lowest BCUT2D eigenvalue weighted by Gasteiger charge is -2.30. The lowest BCUT2D eigenvalue weighted by Crippen LogP contribution is -2.50. The van der Waals surface area contributed by atoms with E-state index in [0.29, 0.717) is 6.42 Å². The van der Waals surface area contributed by atoms with Crippen LogP contribution in [0.2, 0.25) is 0 Å². The summed E-state index contributed by atoms with van der Waals surface area (Å²) in [6.45, 7) is 2.93. The Morgan fingerprint density at radius 1 is 1.69 bits per heavy atom. The SMILES string of the molecule is CN1CCNC(CC(=O)Nc2ccc[nH]2)C1. The van der Waals surface area contributed by atoms with E-state index in [1.807, 2.05) is 12.1 Å². The number of likely N-dealkylation sites (N-methyl/N-ethyl adjacent to an activating group) is 1. The molecule has 1 aromatic rings. The molecule has 2 rings (SSSR count). The number of carbonyl (C=O) groups is 1. The van der Waals surface area contributed by atoms with Crippen LogP contribution in [0.5, 0.6) is 0 Å². The van der Waals surface area contributed by atoms with E-state index in [0.717, 1.165) is 25.5 Å². The Bertz CT molecular complexity index is 336. The molecule has 1 fully saturated rings. The van der Waals surface area contributed by atoms with E-state index in [2.05, 4.69) is 27.6 Å². The second-order valence-corrected chi connectivity index (χ2v) is 4.25. The Morgan fingerprint density at radius 2 is 2.56 bits per heavy atom. The number of nitrogens with one attached hydrogen (secondary N) is 3. The second kappa shape index (κ2) is 5.14. The predicted octanol–water partition coefficient (Wildman–Crippen LogP) is 0.247. The highest BCUT2D eigenvalue weighted by Crippen LogP contribution is 2.05. The third-order valence-electron chi connectivity index (χ3n) is 2.76. The molecule has 1 aliphatic heterocycles. The van der Waals surface area contributed by atoms with Gasteiger partial charge in [0.05, 0.1) is 0 Å². The average Bonchev–Trinajstić information content (AvgIpc) is 2.70. The smallest absolute Gasteiger partial charge is 0.227 e. The van der Waals surface area contributed by atoms with Crippen LogP contribution < -0.4 is 10.6 Å².